The number of halogens is 1. The summed E-state index contributed by atoms with van der Waals surface area (Å²) in [6, 6.07) is 0.645. The molecule has 1 heterocycles. The normalized spacial score (nSPS) is 16.6. The van der Waals surface area contributed by atoms with Crippen LogP contribution in [0.25, 0.3) is 0 Å². The molecule has 0 aliphatic heterocycles. The molecule has 1 aromatic rings. The molecule has 1 aromatic heterocycles. The molecule has 2 rings (SSSR count). The highest BCUT2D eigenvalue weighted by molar-refractivity contribution is 9.10. The third-order valence-electron chi connectivity index (χ3n) is 3.33. The molecule has 0 bridgehead atoms. The van der Waals surface area contributed by atoms with Gasteiger partial charge in [-0.25, -0.2) is 4.98 Å². The third-order valence-corrected chi connectivity index (χ3v) is 3.87. The summed E-state index contributed by atoms with van der Waals surface area (Å²) in [5, 5.41) is 3.50. The maximum Gasteiger partial charge on any atom is 0.267 e. The van der Waals surface area contributed by atoms with Crippen molar-refractivity contribution in [2.24, 2.45) is 0 Å². The molecule has 0 radical (unpaired) electrons. The van der Waals surface area contributed by atoms with Crippen LogP contribution in [0, 0.1) is 6.92 Å². The van der Waals surface area contributed by atoms with E-state index in [0.717, 1.165) is 12.4 Å². The van der Waals surface area contributed by atoms with Gasteiger partial charge in [-0.1, -0.05) is 12.8 Å². The van der Waals surface area contributed by atoms with Crippen LogP contribution in [-0.2, 0) is 6.54 Å². The van der Waals surface area contributed by atoms with Crippen LogP contribution in [0.15, 0.2) is 15.5 Å². The summed E-state index contributed by atoms with van der Waals surface area (Å²) in [5.41, 5.74) is 0.00530. The van der Waals surface area contributed by atoms with Crippen molar-refractivity contribution in [1.82, 2.24) is 14.9 Å². The Morgan fingerprint density at radius 1 is 1.53 bits per heavy atom. The lowest BCUT2D eigenvalue weighted by Gasteiger charge is -2.14. The second kappa shape index (κ2) is 5.78. The lowest BCUT2D eigenvalue weighted by molar-refractivity contribution is 0.485. The summed E-state index contributed by atoms with van der Waals surface area (Å²) in [6.45, 7) is 3.39. The molecule has 17 heavy (non-hydrogen) atoms. The van der Waals surface area contributed by atoms with Gasteiger partial charge in [-0.05, 0) is 35.7 Å². The second-order valence-corrected chi connectivity index (χ2v) is 5.40. The predicted molar refractivity (Wildman–Crippen MR) is 71.2 cm³/mol. The number of hydrogen-bond donors (Lipinski definition) is 1. The van der Waals surface area contributed by atoms with Crippen molar-refractivity contribution in [3.8, 4) is 0 Å². The number of nitrogens with one attached hydrogen (secondary N) is 1. The number of aryl methyl sites for hydroxylation is 1. The van der Waals surface area contributed by atoms with Gasteiger partial charge in [0.25, 0.3) is 5.56 Å². The Bertz CT molecular complexity index is 438. The summed E-state index contributed by atoms with van der Waals surface area (Å²) in [5.74, 6) is 0.770. The lowest BCUT2D eigenvalue weighted by atomic mass is 10.2. The van der Waals surface area contributed by atoms with Crippen molar-refractivity contribution in [3.05, 3.63) is 26.8 Å². The van der Waals surface area contributed by atoms with E-state index < -0.39 is 0 Å². The van der Waals surface area contributed by atoms with Gasteiger partial charge in [0.15, 0.2) is 0 Å². The predicted octanol–water partition coefficient (Wildman–Crippen LogP) is 1.85. The second-order valence-electron chi connectivity index (χ2n) is 4.55. The molecule has 0 aromatic carbocycles. The van der Waals surface area contributed by atoms with Crippen LogP contribution in [0.2, 0.25) is 0 Å². The first-order chi connectivity index (χ1) is 8.18. The largest absolute Gasteiger partial charge is 0.312 e. The van der Waals surface area contributed by atoms with Crippen LogP contribution in [0.4, 0.5) is 0 Å². The first-order valence-electron chi connectivity index (χ1n) is 6.14. The SMILES string of the molecule is Cc1ncc(Br)c(=O)n1CCNC1CCCC1. The van der Waals surface area contributed by atoms with Gasteiger partial charge in [-0.3, -0.25) is 9.36 Å². The number of hydrogen-bond acceptors (Lipinski definition) is 3. The molecule has 0 amide bonds. The summed E-state index contributed by atoms with van der Waals surface area (Å²) in [6.07, 6.45) is 6.76. The molecular formula is C12H18BrN3O. The summed E-state index contributed by atoms with van der Waals surface area (Å²) in [4.78, 5) is 16.0. The minimum Gasteiger partial charge on any atom is -0.312 e. The van der Waals surface area contributed by atoms with Crippen molar-refractivity contribution in [1.29, 1.82) is 0 Å². The maximum absolute atomic E-state index is 11.9. The lowest BCUT2D eigenvalue weighted by Crippen LogP contribution is -2.33. The topological polar surface area (TPSA) is 46.9 Å². The van der Waals surface area contributed by atoms with E-state index in [-0.39, 0.29) is 5.56 Å². The van der Waals surface area contributed by atoms with Crippen LogP contribution in [0.5, 0.6) is 0 Å². The minimum absolute atomic E-state index is 0.00530. The molecule has 0 saturated heterocycles. The number of aromatic nitrogens is 2. The van der Waals surface area contributed by atoms with E-state index in [4.69, 9.17) is 0 Å². The molecule has 5 heteroatoms. The van der Waals surface area contributed by atoms with Gasteiger partial charge in [-0.2, -0.15) is 0 Å². The van der Waals surface area contributed by atoms with E-state index in [1.807, 2.05) is 6.92 Å². The zero-order chi connectivity index (χ0) is 12.3. The Labute approximate surface area is 110 Å². The van der Waals surface area contributed by atoms with Crippen LogP contribution in [0.1, 0.15) is 31.5 Å². The fourth-order valence-electron chi connectivity index (χ4n) is 2.32. The van der Waals surface area contributed by atoms with E-state index in [1.54, 1.807) is 10.8 Å². The van der Waals surface area contributed by atoms with Crippen molar-refractivity contribution < 1.29 is 0 Å². The van der Waals surface area contributed by atoms with Gasteiger partial charge < -0.3 is 5.32 Å². The molecule has 4 nitrogen and oxygen atoms in total. The maximum atomic E-state index is 11.9. The first kappa shape index (κ1) is 12.8. The quantitative estimate of drug-likeness (QED) is 0.923. The van der Waals surface area contributed by atoms with Crippen LogP contribution in [-0.4, -0.2) is 22.1 Å². The van der Waals surface area contributed by atoms with Crippen molar-refractivity contribution in [2.75, 3.05) is 6.54 Å². The molecule has 1 aliphatic carbocycles. The van der Waals surface area contributed by atoms with Crippen molar-refractivity contribution >= 4 is 15.9 Å². The Morgan fingerprint density at radius 3 is 2.94 bits per heavy atom. The minimum atomic E-state index is 0.00530. The number of rotatable bonds is 4. The molecule has 94 valence electrons. The van der Waals surface area contributed by atoms with E-state index >= 15 is 0 Å². The average Bonchev–Trinajstić information content (AvgIpc) is 2.81. The summed E-state index contributed by atoms with van der Waals surface area (Å²) < 4.78 is 2.25. The highest BCUT2D eigenvalue weighted by Crippen LogP contribution is 2.17. The van der Waals surface area contributed by atoms with Crippen molar-refractivity contribution in [2.45, 2.75) is 45.2 Å². The van der Waals surface area contributed by atoms with Crippen LogP contribution < -0.4 is 10.9 Å². The highest BCUT2D eigenvalue weighted by atomic mass is 79.9. The van der Waals surface area contributed by atoms with E-state index in [9.17, 15) is 4.79 Å². The van der Waals surface area contributed by atoms with E-state index in [1.165, 1.54) is 25.7 Å². The van der Waals surface area contributed by atoms with Crippen LogP contribution >= 0.6 is 15.9 Å². The standard InChI is InChI=1S/C12H18BrN3O/c1-9-15-8-11(13)12(17)16(9)7-6-14-10-4-2-3-5-10/h8,10,14H,2-7H2,1H3. The molecule has 1 aliphatic rings. The Hall–Kier alpha value is -0.680. The smallest absolute Gasteiger partial charge is 0.267 e. The molecular weight excluding hydrogens is 282 g/mol. The third kappa shape index (κ3) is 3.16. The molecule has 0 unspecified atom stereocenters. The molecule has 1 fully saturated rings. The van der Waals surface area contributed by atoms with E-state index in [0.29, 0.717) is 17.1 Å². The Kier molecular flexibility index (Phi) is 4.34. The summed E-state index contributed by atoms with van der Waals surface area (Å²) >= 11 is 3.22. The van der Waals surface area contributed by atoms with Crippen molar-refractivity contribution in [3.63, 3.8) is 0 Å². The van der Waals surface area contributed by atoms with Gasteiger partial charge in [0, 0.05) is 25.3 Å². The Morgan fingerprint density at radius 2 is 2.24 bits per heavy atom. The van der Waals surface area contributed by atoms with Gasteiger partial charge in [0.05, 0.1) is 0 Å². The summed E-state index contributed by atoms with van der Waals surface area (Å²) in [7, 11) is 0. The number of nitrogens with zero attached hydrogens (tertiary/aromatic N) is 2. The highest BCUT2D eigenvalue weighted by Gasteiger charge is 2.14. The molecule has 0 atom stereocenters. The fraction of sp³-hybridized carbons (Fsp3) is 0.667. The average molecular weight is 300 g/mol. The molecule has 1 saturated carbocycles. The zero-order valence-electron chi connectivity index (χ0n) is 10.1. The molecule has 1 N–H and O–H groups in total. The van der Waals surface area contributed by atoms with Crippen LogP contribution in [0.3, 0.4) is 0 Å². The van der Waals surface area contributed by atoms with E-state index in [2.05, 4.69) is 26.2 Å². The monoisotopic (exact) mass is 299 g/mol. The van der Waals surface area contributed by atoms with Gasteiger partial charge in [0.2, 0.25) is 0 Å². The molecule has 0 spiro atoms. The van der Waals surface area contributed by atoms with Gasteiger partial charge in [-0.15, -0.1) is 0 Å². The van der Waals surface area contributed by atoms with Gasteiger partial charge in [0.1, 0.15) is 10.3 Å². The Balaban J connectivity index is 1.94. The fourth-order valence-corrected chi connectivity index (χ4v) is 2.64. The first-order valence-corrected chi connectivity index (χ1v) is 6.93. The van der Waals surface area contributed by atoms with Gasteiger partial charge >= 0.3 is 0 Å². The zero-order valence-corrected chi connectivity index (χ0v) is 11.7.